The number of nitro groups is 1. The van der Waals surface area contributed by atoms with E-state index in [4.69, 9.17) is 4.74 Å². The number of non-ortho nitro benzene ring substituents is 1. The third kappa shape index (κ3) is 3.79. The van der Waals surface area contributed by atoms with Crippen molar-refractivity contribution >= 4 is 22.8 Å². The summed E-state index contributed by atoms with van der Waals surface area (Å²) in [5, 5.41) is 31.2. The first-order valence-corrected chi connectivity index (χ1v) is 11.1. The second-order valence-corrected chi connectivity index (χ2v) is 8.67. The summed E-state index contributed by atoms with van der Waals surface area (Å²) in [5.41, 5.74) is 1.88. The van der Waals surface area contributed by atoms with Crippen LogP contribution in [0.4, 0.5) is 5.69 Å². The molecule has 34 heavy (non-hydrogen) atoms. The number of rotatable bonds is 4. The first kappa shape index (κ1) is 22.3. The fourth-order valence-electron chi connectivity index (χ4n) is 4.69. The predicted molar refractivity (Wildman–Crippen MR) is 118 cm³/mol. The van der Waals surface area contributed by atoms with Crippen molar-refractivity contribution in [2.24, 2.45) is 0 Å². The van der Waals surface area contributed by atoms with Crippen LogP contribution < -0.4 is 0 Å². The van der Waals surface area contributed by atoms with Crippen molar-refractivity contribution in [3.63, 3.8) is 0 Å². The molecule has 0 spiro atoms. The maximum absolute atomic E-state index is 13.3. The maximum atomic E-state index is 13.3. The van der Waals surface area contributed by atoms with E-state index in [1.54, 1.807) is 24.0 Å². The summed E-state index contributed by atoms with van der Waals surface area (Å²) in [6.07, 6.45) is 0.535. The summed E-state index contributed by atoms with van der Waals surface area (Å²) >= 11 is 0. The van der Waals surface area contributed by atoms with E-state index in [2.05, 4.69) is 15.0 Å². The van der Waals surface area contributed by atoms with Gasteiger partial charge in [0.15, 0.2) is 17.6 Å². The number of amides is 1. The van der Waals surface area contributed by atoms with Gasteiger partial charge >= 0.3 is 0 Å². The van der Waals surface area contributed by atoms with Crippen LogP contribution in [0.25, 0.3) is 11.2 Å². The molecule has 1 aromatic carbocycles. The topological polar surface area (TPSA) is 157 Å². The molecule has 2 fully saturated rings. The lowest BCUT2D eigenvalue weighted by atomic mass is 9.89. The highest BCUT2D eigenvalue weighted by Gasteiger charge is 2.42. The van der Waals surface area contributed by atoms with Gasteiger partial charge in [-0.2, -0.15) is 0 Å². The number of fused-ring (bicyclic) bond motifs is 1. The molecule has 2 N–H and O–H groups in total. The number of ether oxygens (including phenoxy) is 1. The quantitative estimate of drug-likeness (QED) is 0.426. The molecule has 2 aliphatic heterocycles. The van der Waals surface area contributed by atoms with Crippen molar-refractivity contribution in [3.8, 4) is 0 Å². The Labute approximate surface area is 194 Å². The highest BCUT2D eigenvalue weighted by Crippen LogP contribution is 2.33. The summed E-state index contributed by atoms with van der Waals surface area (Å²) in [6, 6.07) is 6.56. The summed E-state index contributed by atoms with van der Waals surface area (Å²) < 4.78 is 7.17. The molecule has 4 heterocycles. The van der Waals surface area contributed by atoms with Gasteiger partial charge in [0.25, 0.3) is 11.6 Å². The number of aliphatic hydroxyl groups is 2. The average Bonchev–Trinajstić information content (AvgIpc) is 3.40. The highest BCUT2D eigenvalue weighted by atomic mass is 16.6. The van der Waals surface area contributed by atoms with Gasteiger partial charge in [-0.1, -0.05) is 12.1 Å². The zero-order valence-corrected chi connectivity index (χ0v) is 18.4. The SMILES string of the molecule is C[C@H]1O[C@@H](n2cnc3c(C(=O)N4CCC(c5ccc([N+](=O)[O-])cc5)CC4)ncnc32)[C@H](O)[C@@H]1O. The van der Waals surface area contributed by atoms with Gasteiger partial charge in [-0.3, -0.25) is 19.5 Å². The Hall–Kier alpha value is -3.48. The van der Waals surface area contributed by atoms with Gasteiger partial charge in [0.2, 0.25) is 0 Å². The molecule has 1 amide bonds. The third-order valence-corrected chi connectivity index (χ3v) is 6.67. The molecule has 0 aliphatic carbocycles. The van der Waals surface area contributed by atoms with E-state index in [-0.39, 0.29) is 23.2 Å². The van der Waals surface area contributed by atoms with Gasteiger partial charge in [0.05, 0.1) is 17.4 Å². The Kier molecular flexibility index (Phi) is 5.71. The second-order valence-electron chi connectivity index (χ2n) is 8.67. The summed E-state index contributed by atoms with van der Waals surface area (Å²) in [6.45, 7) is 2.69. The Morgan fingerprint density at radius 1 is 1.12 bits per heavy atom. The van der Waals surface area contributed by atoms with Crippen molar-refractivity contribution < 1.29 is 24.7 Å². The molecule has 2 saturated heterocycles. The minimum Gasteiger partial charge on any atom is -0.388 e. The molecule has 5 rings (SSSR count). The van der Waals surface area contributed by atoms with Crippen molar-refractivity contribution in [2.75, 3.05) is 13.1 Å². The molecule has 3 aromatic rings. The molecule has 0 radical (unpaired) electrons. The van der Waals surface area contributed by atoms with Gasteiger partial charge in [0.1, 0.15) is 24.1 Å². The summed E-state index contributed by atoms with van der Waals surface area (Å²) in [5.74, 6) is -0.0509. The highest BCUT2D eigenvalue weighted by molar-refractivity contribution is 6.02. The number of carbonyl (C=O) groups is 1. The normalized spacial score (nSPS) is 25.7. The minimum absolute atomic E-state index is 0.0584. The van der Waals surface area contributed by atoms with Crippen LogP contribution in [0.3, 0.4) is 0 Å². The molecule has 0 unspecified atom stereocenters. The Bertz CT molecular complexity index is 1220. The molecule has 0 bridgehead atoms. The number of piperidine rings is 1. The molecule has 2 aromatic heterocycles. The number of aliphatic hydroxyl groups excluding tert-OH is 2. The average molecular weight is 468 g/mol. The van der Waals surface area contributed by atoms with E-state index < -0.39 is 29.5 Å². The van der Waals surface area contributed by atoms with E-state index >= 15 is 0 Å². The van der Waals surface area contributed by atoms with Crippen molar-refractivity contribution in [2.45, 2.75) is 50.2 Å². The molecule has 178 valence electrons. The monoisotopic (exact) mass is 468 g/mol. The number of nitro benzene ring substituents is 1. The smallest absolute Gasteiger partial charge is 0.274 e. The number of imidazole rings is 1. The molecule has 12 heteroatoms. The van der Waals surface area contributed by atoms with E-state index in [0.29, 0.717) is 24.3 Å². The molecule has 4 atom stereocenters. The van der Waals surface area contributed by atoms with Gasteiger partial charge in [-0.15, -0.1) is 0 Å². The van der Waals surface area contributed by atoms with Gasteiger partial charge in [0, 0.05) is 25.2 Å². The largest absolute Gasteiger partial charge is 0.388 e. The first-order valence-electron chi connectivity index (χ1n) is 11.1. The number of carbonyl (C=O) groups excluding carboxylic acids is 1. The minimum atomic E-state index is -1.15. The van der Waals surface area contributed by atoms with E-state index in [9.17, 15) is 25.1 Å². The van der Waals surface area contributed by atoms with Crippen LogP contribution in [-0.4, -0.2) is 76.9 Å². The van der Waals surface area contributed by atoms with Crippen LogP contribution >= 0.6 is 0 Å². The van der Waals surface area contributed by atoms with Crippen LogP contribution in [0.2, 0.25) is 0 Å². The predicted octanol–water partition coefficient (Wildman–Crippen LogP) is 1.39. The molecule has 2 aliphatic rings. The van der Waals surface area contributed by atoms with Crippen molar-refractivity contribution in [1.29, 1.82) is 0 Å². The Morgan fingerprint density at radius 3 is 2.44 bits per heavy atom. The summed E-state index contributed by atoms with van der Waals surface area (Å²) in [4.78, 5) is 38.2. The van der Waals surface area contributed by atoms with Gasteiger partial charge in [-0.25, -0.2) is 15.0 Å². The third-order valence-electron chi connectivity index (χ3n) is 6.67. The maximum Gasteiger partial charge on any atom is 0.274 e. The molecular formula is C22H24N6O6. The Balaban J connectivity index is 1.32. The van der Waals surface area contributed by atoms with Gasteiger partial charge < -0.3 is 19.8 Å². The lowest BCUT2D eigenvalue weighted by Gasteiger charge is -2.32. The number of benzene rings is 1. The number of hydrogen-bond acceptors (Lipinski definition) is 9. The molecular weight excluding hydrogens is 444 g/mol. The first-order chi connectivity index (χ1) is 16.3. The van der Waals surface area contributed by atoms with E-state index in [1.807, 2.05) is 0 Å². The molecule has 0 saturated carbocycles. The second kappa shape index (κ2) is 8.70. The lowest BCUT2D eigenvalue weighted by Crippen LogP contribution is -2.38. The van der Waals surface area contributed by atoms with Crippen LogP contribution in [0.5, 0.6) is 0 Å². The van der Waals surface area contributed by atoms with Crippen LogP contribution in [0.1, 0.15) is 48.0 Å². The van der Waals surface area contributed by atoms with E-state index in [1.165, 1.54) is 29.4 Å². The standard InChI is InChI=1S/C22H24N6O6/c1-12-18(29)19(30)22(34-12)27-11-25-16-17(23-10-24-20(16)27)21(31)26-8-6-14(7-9-26)13-2-4-15(5-3-13)28(32)33/h2-5,10-12,14,18-19,22,29-30H,6-9H2,1H3/t12-,18-,19-,22-/m1/s1. The number of hydrogen-bond donors (Lipinski definition) is 2. The van der Waals surface area contributed by atoms with Gasteiger partial charge in [-0.05, 0) is 31.2 Å². The fraction of sp³-hybridized carbons (Fsp3) is 0.455. The van der Waals surface area contributed by atoms with Crippen LogP contribution in [0, 0.1) is 10.1 Å². The van der Waals surface area contributed by atoms with Crippen LogP contribution in [-0.2, 0) is 4.74 Å². The van der Waals surface area contributed by atoms with Crippen molar-refractivity contribution in [1.82, 2.24) is 24.4 Å². The summed E-state index contributed by atoms with van der Waals surface area (Å²) in [7, 11) is 0. The van der Waals surface area contributed by atoms with Crippen molar-refractivity contribution in [3.05, 3.63) is 58.3 Å². The molecule has 12 nitrogen and oxygen atoms in total. The fourth-order valence-corrected chi connectivity index (χ4v) is 4.69. The number of likely N-dealkylation sites (tertiary alicyclic amines) is 1. The number of nitrogens with zero attached hydrogens (tertiary/aromatic N) is 6. The van der Waals surface area contributed by atoms with E-state index in [0.717, 1.165) is 18.4 Å². The number of aromatic nitrogens is 4. The van der Waals surface area contributed by atoms with Crippen LogP contribution in [0.15, 0.2) is 36.9 Å². The zero-order valence-electron chi connectivity index (χ0n) is 18.4. The Morgan fingerprint density at radius 2 is 1.82 bits per heavy atom. The lowest BCUT2D eigenvalue weighted by molar-refractivity contribution is -0.384. The zero-order chi connectivity index (χ0) is 24.0.